The second kappa shape index (κ2) is 6.20. The van der Waals surface area contributed by atoms with Crippen LogP contribution in [0.5, 0.6) is 11.5 Å². The summed E-state index contributed by atoms with van der Waals surface area (Å²) < 4.78 is 24.0. The SMILES string of the molecule is COc1ccc(OC(CN)c2cccc(F)c2)cc1. The number of ether oxygens (including phenoxy) is 2. The summed E-state index contributed by atoms with van der Waals surface area (Å²) in [4.78, 5) is 0. The number of benzene rings is 2. The van der Waals surface area contributed by atoms with Gasteiger partial charge in [-0.2, -0.15) is 0 Å². The maximum Gasteiger partial charge on any atom is 0.136 e. The monoisotopic (exact) mass is 261 g/mol. The molecule has 0 saturated carbocycles. The van der Waals surface area contributed by atoms with Crippen LogP contribution in [0, 0.1) is 5.82 Å². The second-order valence-corrected chi connectivity index (χ2v) is 4.07. The minimum atomic E-state index is -0.371. The molecule has 0 heterocycles. The Labute approximate surface area is 111 Å². The molecule has 0 amide bonds. The fraction of sp³-hybridized carbons (Fsp3) is 0.200. The van der Waals surface area contributed by atoms with Gasteiger partial charge in [-0.15, -0.1) is 0 Å². The molecule has 2 aromatic rings. The van der Waals surface area contributed by atoms with Crippen LogP contribution in [0.4, 0.5) is 4.39 Å². The maximum absolute atomic E-state index is 13.2. The summed E-state index contributed by atoms with van der Waals surface area (Å²) in [7, 11) is 1.60. The molecule has 0 spiro atoms. The molecule has 19 heavy (non-hydrogen) atoms. The van der Waals surface area contributed by atoms with Gasteiger partial charge in [-0.3, -0.25) is 0 Å². The fourth-order valence-corrected chi connectivity index (χ4v) is 1.78. The highest BCUT2D eigenvalue weighted by Crippen LogP contribution is 2.23. The number of nitrogens with two attached hydrogens (primary N) is 1. The quantitative estimate of drug-likeness (QED) is 0.900. The zero-order valence-corrected chi connectivity index (χ0v) is 10.7. The van der Waals surface area contributed by atoms with E-state index in [1.54, 1.807) is 43.5 Å². The summed E-state index contributed by atoms with van der Waals surface area (Å²) in [5, 5.41) is 0. The molecule has 0 fully saturated rings. The Hall–Kier alpha value is -2.07. The van der Waals surface area contributed by atoms with Crippen molar-refractivity contribution in [3.63, 3.8) is 0 Å². The van der Waals surface area contributed by atoms with Crippen molar-refractivity contribution in [3.8, 4) is 11.5 Å². The van der Waals surface area contributed by atoms with Crippen LogP contribution in [0.3, 0.4) is 0 Å². The molecule has 1 atom stereocenters. The Bertz CT molecular complexity index is 528. The third-order valence-corrected chi connectivity index (χ3v) is 2.77. The van der Waals surface area contributed by atoms with Crippen molar-refractivity contribution in [2.45, 2.75) is 6.10 Å². The molecule has 0 aliphatic carbocycles. The minimum Gasteiger partial charge on any atom is -0.497 e. The van der Waals surface area contributed by atoms with Crippen LogP contribution in [0.2, 0.25) is 0 Å². The number of hydrogen-bond acceptors (Lipinski definition) is 3. The van der Waals surface area contributed by atoms with E-state index in [1.165, 1.54) is 12.1 Å². The highest BCUT2D eigenvalue weighted by Gasteiger charge is 2.12. The van der Waals surface area contributed by atoms with Gasteiger partial charge in [0.1, 0.15) is 23.4 Å². The predicted octanol–water partition coefficient (Wildman–Crippen LogP) is 2.91. The van der Waals surface area contributed by atoms with Gasteiger partial charge in [-0.05, 0) is 42.0 Å². The van der Waals surface area contributed by atoms with E-state index in [0.717, 1.165) is 11.3 Å². The Balaban J connectivity index is 2.14. The van der Waals surface area contributed by atoms with Gasteiger partial charge in [0, 0.05) is 6.54 Å². The van der Waals surface area contributed by atoms with Crippen LogP contribution >= 0.6 is 0 Å². The lowest BCUT2D eigenvalue weighted by atomic mass is 10.1. The summed E-state index contributed by atoms with van der Waals surface area (Å²) in [5.41, 5.74) is 6.41. The van der Waals surface area contributed by atoms with Crippen molar-refractivity contribution in [2.24, 2.45) is 5.73 Å². The van der Waals surface area contributed by atoms with Crippen molar-refractivity contribution < 1.29 is 13.9 Å². The van der Waals surface area contributed by atoms with Gasteiger partial charge in [0.2, 0.25) is 0 Å². The molecule has 100 valence electrons. The molecule has 0 bridgehead atoms. The standard InChI is InChI=1S/C15H16FNO2/c1-18-13-5-7-14(8-6-13)19-15(10-17)11-3-2-4-12(16)9-11/h2-9,15H,10,17H2,1H3. The lowest BCUT2D eigenvalue weighted by Crippen LogP contribution is -2.18. The molecule has 0 radical (unpaired) electrons. The molecular weight excluding hydrogens is 245 g/mol. The van der Waals surface area contributed by atoms with Gasteiger partial charge in [0.05, 0.1) is 7.11 Å². The normalized spacial score (nSPS) is 11.9. The lowest BCUT2D eigenvalue weighted by Gasteiger charge is -2.18. The Morgan fingerprint density at radius 1 is 1.11 bits per heavy atom. The molecular formula is C15H16FNO2. The summed E-state index contributed by atoms with van der Waals surface area (Å²) in [5.74, 6) is 1.12. The van der Waals surface area contributed by atoms with Crippen LogP contribution in [0.1, 0.15) is 11.7 Å². The number of hydrogen-bond donors (Lipinski definition) is 1. The average Bonchev–Trinajstić information content (AvgIpc) is 2.45. The fourth-order valence-electron chi connectivity index (χ4n) is 1.78. The van der Waals surface area contributed by atoms with Gasteiger partial charge in [0.15, 0.2) is 0 Å². The number of methoxy groups -OCH3 is 1. The van der Waals surface area contributed by atoms with Crippen LogP contribution in [0.25, 0.3) is 0 Å². The van der Waals surface area contributed by atoms with Crippen molar-refractivity contribution in [3.05, 3.63) is 59.9 Å². The predicted molar refractivity (Wildman–Crippen MR) is 71.8 cm³/mol. The van der Waals surface area contributed by atoms with Crippen LogP contribution < -0.4 is 15.2 Å². The molecule has 0 saturated heterocycles. The molecule has 0 aliphatic rings. The van der Waals surface area contributed by atoms with Crippen molar-refractivity contribution in [2.75, 3.05) is 13.7 Å². The second-order valence-electron chi connectivity index (χ2n) is 4.07. The Kier molecular flexibility index (Phi) is 4.36. The van der Waals surface area contributed by atoms with Gasteiger partial charge in [0.25, 0.3) is 0 Å². The van der Waals surface area contributed by atoms with E-state index >= 15 is 0 Å². The van der Waals surface area contributed by atoms with E-state index in [1.807, 2.05) is 0 Å². The first-order valence-electron chi connectivity index (χ1n) is 5.99. The van der Waals surface area contributed by atoms with E-state index in [9.17, 15) is 4.39 Å². The van der Waals surface area contributed by atoms with Crippen LogP contribution in [-0.4, -0.2) is 13.7 Å². The van der Waals surface area contributed by atoms with E-state index in [4.69, 9.17) is 15.2 Å². The first kappa shape index (κ1) is 13.4. The average molecular weight is 261 g/mol. The molecule has 0 aliphatic heterocycles. The molecule has 3 nitrogen and oxygen atoms in total. The lowest BCUT2D eigenvalue weighted by molar-refractivity contribution is 0.213. The largest absolute Gasteiger partial charge is 0.497 e. The molecule has 2 rings (SSSR count). The van der Waals surface area contributed by atoms with Crippen LogP contribution in [0.15, 0.2) is 48.5 Å². The smallest absolute Gasteiger partial charge is 0.136 e. The zero-order chi connectivity index (χ0) is 13.7. The van der Waals surface area contributed by atoms with Crippen molar-refractivity contribution in [1.29, 1.82) is 0 Å². The van der Waals surface area contributed by atoms with Gasteiger partial charge >= 0.3 is 0 Å². The highest BCUT2D eigenvalue weighted by molar-refractivity contribution is 5.32. The van der Waals surface area contributed by atoms with Gasteiger partial charge in [-0.1, -0.05) is 12.1 Å². The summed E-state index contributed by atoms with van der Waals surface area (Å²) >= 11 is 0. The molecule has 1 unspecified atom stereocenters. The first-order valence-corrected chi connectivity index (χ1v) is 5.99. The first-order chi connectivity index (χ1) is 9.22. The summed E-state index contributed by atoms with van der Waals surface area (Å²) in [6, 6.07) is 13.4. The third-order valence-electron chi connectivity index (χ3n) is 2.77. The van der Waals surface area contributed by atoms with E-state index in [0.29, 0.717) is 5.75 Å². The number of halogens is 1. The van der Waals surface area contributed by atoms with Gasteiger partial charge < -0.3 is 15.2 Å². The van der Waals surface area contributed by atoms with Gasteiger partial charge in [-0.25, -0.2) is 4.39 Å². The minimum absolute atomic E-state index is 0.273. The molecule has 2 N–H and O–H groups in total. The highest BCUT2D eigenvalue weighted by atomic mass is 19.1. The van der Waals surface area contributed by atoms with Crippen molar-refractivity contribution >= 4 is 0 Å². The van der Waals surface area contributed by atoms with E-state index in [2.05, 4.69) is 0 Å². The van der Waals surface area contributed by atoms with E-state index < -0.39 is 0 Å². The van der Waals surface area contributed by atoms with Crippen LogP contribution in [-0.2, 0) is 0 Å². The molecule has 0 aromatic heterocycles. The maximum atomic E-state index is 13.2. The summed E-state index contributed by atoms with van der Waals surface area (Å²) in [6.07, 6.45) is -0.371. The molecule has 4 heteroatoms. The number of rotatable bonds is 5. The van der Waals surface area contributed by atoms with E-state index in [-0.39, 0.29) is 18.5 Å². The Morgan fingerprint density at radius 2 is 1.79 bits per heavy atom. The van der Waals surface area contributed by atoms with Crippen molar-refractivity contribution in [1.82, 2.24) is 0 Å². The topological polar surface area (TPSA) is 44.5 Å². The summed E-state index contributed by atoms with van der Waals surface area (Å²) in [6.45, 7) is 0.273. The Morgan fingerprint density at radius 3 is 2.37 bits per heavy atom. The molecule has 2 aromatic carbocycles. The third kappa shape index (κ3) is 3.45. The zero-order valence-electron chi connectivity index (χ0n) is 10.7.